The molecule has 3 N–H and O–H groups in total. The summed E-state index contributed by atoms with van der Waals surface area (Å²) in [4.78, 5) is 0. The minimum Gasteiger partial charge on any atom is -0.491 e. The van der Waals surface area contributed by atoms with Gasteiger partial charge in [0.25, 0.3) is 0 Å². The fourth-order valence-electron chi connectivity index (χ4n) is 1.58. The molecule has 1 aromatic carbocycles. The van der Waals surface area contributed by atoms with Crippen LogP contribution in [-0.4, -0.2) is 25.2 Å². The van der Waals surface area contributed by atoms with E-state index in [4.69, 9.17) is 10.5 Å². The number of anilines is 2. The molecule has 1 rings (SSSR count). The van der Waals surface area contributed by atoms with E-state index in [1.807, 2.05) is 18.7 Å². The molecule has 0 radical (unpaired) electrons. The molecule has 0 heterocycles. The molecule has 0 atom stereocenters. The molecule has 0 fully saturated rings. The second-order valence-electron chi connectivity index (χ2n) is 3.93. The predicted molar refractivity (Wildman–Crippen MR) is 78.1 cm³/mol. The van der Waals surface area contributed by atoms with E-state index >= 15 is 0 Å². The number of hydrogen-bond donors (Lipinski definition) is 2. The Balaban J connectivity index is 2.56. The van der Waals surface area contributed by atoms with E-state index in [0.717, 1.165) is 30.8 Å². The van der Waals surface area contributed by atoms with Crippen LogP contribution in [0.4, 0.5) is 15.8 Å². The summed E-state index contributed by atoms with van der Waals surface area (Å²) in [5, 5.41) is 3.22. The molecule has 0 aliphatic rings. The van der Waals surface area contributed by atoms with Crippen LogP contribution in [0.3, 0.4) is 0 Å². The van der Waals surface area contributed by atoms with Crippen molar-refractivity contribution in [1.82, 2.24) is 0 Å². The van der Waals surface area contributed by atoms with Gasteiger partial charge in [0.2, 0.25) is 0 Å². The molecular formula is C13H21FN2OS. The zero-order valence-corrected chi connectivity index (χ0v) is 11.8. The van der Waals surface area contributed by atoms with Gasteiger partial charge in [-0.15, -0.1) is 0 Å². The summed E-state index contributed by atoms with van der Waals surface area (Å²) in [5.41, 5.74) is 6.92. The molecule has 0 amide bonds. The van der Waals surface area contributed by atoms with Gasteiger partial charge in [-0.25, -0.2) is 4.39 Å². The Kier molecular flexibility index (Phi) is 6.72. The summed E-state index contributed by atoms with van der Waals surface area (Å²) in [7, 11) is 0. The number of rotatable bonds is 8. The van der Waals surface area contributed by atoms with Gasteiger partial charge in [-0.1, -0.05) is 0 Å². The van der Waals surface area contributed by atoms with Crippen molar-refractivity contribution in [3.63, 3.8) is 0 Å². The first-order valence-corrected chi connectivity index (χ1v) is 7.53. The monoisotopic (exact) mass is 272 g/mol. The maximum Gasteiger partial charge on any atom is 0.167 e. The van der Waals surface area contributed by atoms with Crippen molar-refractivity contribution < 1.29 is 9.13 Å². The van der Waals surface area contributed by atoms with Crippen molar-refractivity contribution in [2.75, 3.05) is 36.2 Å². The lowest BCUT2D eigenvalue weighted by atomic mass is 10.2. The largest absolute Gasteiger partial charge is 0.491 e. The van der Waals surface area contributed by atoms with Crippen LogP contribution >= 0.6 is 11.8 Å². The Hall–Kier alpha value is -1.10. The van der Waals surface area contributed by atoms with E-state index in [-0.39, 0.29) is 5.75 Å². The number of ether oxygens (including phenoxy) is 1. The molecule has 0 aromatic heterocycles. The van der Waals surface area contributed by atoms with Gasteiger partial charge in [-0.05, 0) is 31.8 Å². The Labute approximate surface area is 112 Å². The highest BCUT2D eigenvalue weighted by atomic mass is 32.2. The number of thioether (sulfide) groups is 1. The summed E-state index contributed by atoms with van der Waals surface area (Å²) in [5.74, 6) is 0.991. The van der Waals surface area contributed by atoms with Crippen LogP contribution in [0.25, 0.3) is 0 Å². The lowest BCUT2D eigenvalue weighted by Crippen LogP contribution is -2.06. The van der Waals surface area contributed by atoms with E-state index in [2.05, 4.69) is 11.6 Å². The number of benzene rings is 1. The zero-order valence-electron chi connectivity index (χ0n) is 11.0. The van der Waals surface area contributed by atoms with Gasteiger partial charge < -0.3 is 15.8 Å². The standard InChI is InChI=1S/C13H21FN2OS/c1-3-17-13-9-12(11(15)8-10(13)14)16-6-4-5-7-18-2/h8-9,16H,3-7,15H2,1-2H3. The van der Waals surface area contributed by atoms with Gasteiger partial charge in [-0.3, -0.25) is 0 Å². The van der Waals surface area contributed by atoms with E-state index in [9.17, 15) is 4.39 Å². The average Bonchev–Trinajstić information content (AvgIpc) is 2.34. The van der Waals surface area contributed by atoms with E-state index in [0.29, 0.717) is 12.3 Å². The minimum absolute atomic E-state index is 0.248. The predicted octanol–water partition coefficient (Wildman–Crippen LogP) is 3.36. The highest BCUT2D eigenvalue weighted by molar-refractivity contribution is 7.98. The molecule has 0 aliphatic heterocycles. The average molecular weight is 272 g/mol. The van der Waals surface area contributed by atoms with Crippen LogP contribution < -0.4 is 15.8 Å². The summed E-state index contributed by atoms with van der Waals surface area (Å²) in [6, 6.07) is 2.93. The van der Waals surface area contributed by atoms with E-state index < -0.39 is 5.82 Å². The minimum atomic E-state index is -0.415. The highest BCUT2D eigenvalue weighted by Gasteiger charge is 2.08. The normalized spacial score (nSPS) is 10.4. The van der Waals surface area contributed by atoms with E-state index in [1.54, 1.807) is 6.07 Å². The molecule has 1 aromatic rings. The van der Waals surface area contributed by atoms with Crippen molar-refractivity contribution in [2.45, 2.75) is 19.8 Å². The van der Waals surface area contributed by atoms with Gasteiger partial charge in [0.1, 0.15) is 0 Å². The molecule has 0 saturated heterocycles. The van der Waals surface area contributed by atoms with E-state index in [1.165, 1.54) is 6.07 Å². The van der Waals surface area contributed by atoms with Crippen LogP contribution in [0.15, 0.2) is 12.1 Å². The topological polar surface area (TPSA) is 47.3 Å². The van der Waals surface area contributed by atoms with Crippen molar-refractivity contribution in [3.8, 4) is 5.75 Å². The van der Waals surface area contributed by atoms with Gasteiger partial charge in [0, 0.05) is 18.7 Å². The summed E-state index contributed by atoms with van der Waals surface area (Å²) >= 11 is 1.84. The number of nitrogens with one attached hydrogen (secondary N) is 1. The van der Waals surface area contributed by atoms with Crippen molar-refractivity contribution in [1.29, 1.82) is 0 Å². The van der Waals surface area contributed by atoms with Crippen molar-refractivity contribution in [2.24, 2.45) is 0 Å². The van der Waals surface area contributed by atoms with Gasteiger partial charge >= 0.3 is 0 Å². The van der Waals surface area contributed by atoms with Crippen LogP contribution in [0.5, 0.6) is 5.75 Å². The molecule has 18 heavy (non-hydrogen) atoms. The summed E-state index contributed by atoms with van der Waals surface area (Å²) in [6.07, 6.45) is 4.33. The first-order chi connectivity index (χ1) is 8.69. The van der Waals surface area contributed by atoms with Crippen LogP contribution in [-0.2, 0) is 0 Å². The SMILES string of the molecule is CCOc1cc(NCCCCSC)c(N)cc1F. The fraction of sp³-hybridized carbons (Fsp3) is 0.538. The molecule has 0 saturated carbocycles. The quantitative estimate of drug-likeness (QED) is 0.563. The van der Waals surface area contributed by atoms with Crippen LogP contribution in [0.1, 0.15) is 19.8 Å². The van der Waals surface area contributed by atoms with Crippen LogP contribution in [0, 0.1) is 5.82 Å². The van der Waals surface area contributed by atoms with Gasteiger partial charge in [-0.2, -0.15) is 11.8 Å². The number of unbranched alkanes of at least 4 members (excludes halogenated alkanes) is 1. The highest BCUT2D eigenvalue weighted by Crippen LogP contribution is 2.28. The molecule has 5 heteroatoms. The Morgan fingerprint density at radius 3 is 2.83 bits per heavy atom. The third-order valence-corrected chi connectivity index (χ3v) is 3.19. The number of nitrogens with two attached hydrogens (primary N) is 1. The molecule has 0 aliphatic carbocycles. The van der Waals surface area contributed by atoms with Gasteiger partial charge in [0.05, 0.1) is 18.0 Å². The Bertz CT molecular complexity index is 374. The van der Waals surface area contributed by atoms with Crippen molar-refractivity contribution >= 4 is 23.1 Å². The third kappa shape index (κ3) is 4.64. The lowest BCUT2D eigenvalue weighted by molar-refractivity contribution is 0.322. The molecular weight excluding hydrogens is 251 g/mol. The fourth-order valence-corrected chi connectivity index (χ4v) is 2.08. The maximum absolute atomic E-state index is 13.5. The number of halogens is 1. The summed E-state index contributed by atoms with van der Waals surface area (Å²) < 4.78 is 18.7. The maximum atomic E-state index is 13.5. The van der Waals surface area contributed by atoms with Gasteiger partial charge in [0.15, 0.2) is 11.6 Å². The number of hydrogen-bond acceptors (Lipinski definition) is 4. The molecule has 0 unspecified atom stereocenters. The van der Waals surface area contributed by atoms with Crippen LogP contribution in [0.2, 0.25) is 0 Å². The second-order valence-corrected chi connectivity index (χ2v) is 4.92. The molecule has 0 bridgehead atoms. The molecule has 3 nitrogen and oxygen atoms in total. The smallest absolute Gasteiger partial charge is 0.167 e. The number of nitrogen functional groups attached to an aromatic ring is 1. The van der Waals surface area contributed by atoms with Crippen molar-refractivity contribution in [3.05, 3.63) is 17.9 Å². The molecule has 102 valence electrons. The molecule has 0 spiro atoms. The zero-order chi connectivity index (χ0) is 13.4. The Morgan fingerprint density at radius 1 is 1.39 bits per heavy atom. The summed E-state index contributed by atoms with van der Waals surface area (Å²) in [6.45, 7) is 3.10. The first kappa shape index (κ1) is 15.0. The third-order valence-electron chi connectivity index (χ3n) is 2.49. The Morgan fingerprint density at radius 2 is 2.17 bits per heavy atom. The lowest BCUT2D eigenvalue weighted by Gasteiger charge is -2.12. The second kappa shape index (κ2) is 8.08. The first-order valence-electron chi connectivity index (χ1n) is 6.13.